The first-order valence-electron chi connectivity index (χ1n) is 15.4. The first-order chi connectivity index (χ1) is 20.5. The Hall–Kier alpha value is -3.71. The van der Waals surface area contributed by atoms with Crippen molar-refractivity contribution < 1.29 is 33.6 Å². The minimum atomic E-state index is -0.316. The van der Waals surface area contributed by atoms with Gasteiger partial charge in [-0.3, -0.25) is 33.6 Å². The third kappa shape index (κ3) is 26.9. The van der Waals surface area contributed by atoms with E-state index in [1.165, 1.54) is 0 Å². The molecule has 0 aromatic heterocycles. The molecule has 0 aliphatic rings. The van der Waals surface area contributed by atoms with Crippen molar-refractivity contribution in [1.82, 2.24) is 37.2 Å². The van der Waals surface area contributed by atoms with E-state index < -0.39 is 0 Å². The lowest BCUT2D eigenvalue weighted by Gasteiger charge is -2.09. The second-order valence-corrected chi connectivity index (χ2v) is 10.5. The summed E-state index contributed by atoms with van der Waals surface area (Å²) in [5.41, 5.74) is 0. The van der Waals surface area contributed by atoms with E-state index in [0.29, 0.717) is 31.8 Å². The summed E-state index contributed by atoms with van der Waals surface area (Å²) in [6, 6.07) is 0. The van der Waals surface area contributed by atoms with Crippen molar-refractivity contribution in [1.29, 1.82) is 0 Å². The van der Waals surface area contributed by atoms with Gasteiger partial charge in [-0.2, -0.15) is 0 Å². The van der Waals surface area contributed by atoms with Gasteiger partial charge in [-0.1, -0.05) is 20.8 Å². The minimum absolute atomic E-state index is 0.0316. The fourth-order valence-electron chi connectivity index (χ4n) is 3.53. The van der Waals surface area contributed by atoms with Gasteiger partial charge in [0.2, 0.25) is 41.4 Å². The van der Waals surface area contributed by atoms with Crippen LogP contribution in [0.1, 0.15) is 91.4 Å². The van der Waals surface area contributed by atoms with Crippen molar-refractivity contribution in [3.05, 3.63) is 0 Å². The Morgan fingerprint density at radius 1 is 0.395 bits per heavy atom. The predicted octanol–water partition coefficient (Wildman–Crippen LogP) is -0.233. The first-order valence-corrected chi connectivity index (χ1v) is 15.4. The van der Waals surface area contributed by atoms with Gasteiger partial charge in [0, 0.05) is 90.8 Å². The zero-order valence-electron chi connectivity index (χ0n) is 26.2. The van der Waals surface area contributed by atoms with E-state index in [2.05, 4.69) is 37.2 Å². The molecule has 0 rings (SSSR count). The van der Waals surface area contributed by atoms with E-state index in [0.717, 1.165) is 25.7 Å². The first kappa shape index (κ1) is 39.3. The van der Waals surface area contributed by atoms with E-state index in [9.17, 15) is 33.6 Å². The van der Waals surface area contributed by atoms with Gasteiger partial charge in [0.25, 0.3) is 0 Å². The molecule has 0 fully saturated rings. The highest BCUT2D eigenvalue weighted by atomic mass is 16.2. The summed E-state index contributed by atoms with van der Waals surface area (Å²) in [6.45, 7) is 7.89. The quantitative estimate of drug-likeness (QED) is 0.0690. The van der Waals surface area contributed by atoms with E-state index in [-0.39, 0.29) is 106 Å². The Kier molecular flexibility index (Phi) is 23.7. The van der Waals surface area contributed by atoms with Crippen LogP contribution in [0.2, 0.25) is 0 Å². The largest absolute Gasteiger partial charge is 0.356 e. The van der Waals surface area contributed by atoms with Crippen molar-refractivity contribution >= 4 is 41.4 Å². The van der Waals surface area contributed by atoms with Gasteiger partial charge in [-0.25, -0.2) is 0 Å². The fraction of sp³-hybridized carbons (Fsp3) is 0.759. The van der Waals surface area contributed by atoms with Gasteiger partial charge in [0.15, 0.2) is 0 Å². The van der Waals surface area contributed by atoms with Gasteiger partial charge in [0.1, 0.15) is 0 Å². The van der Waals surface area contributed by atoms with Crippen LogP contribution in [-0.4, -0.2) is 87.2 Å². The lowest BCUT2D eigenvalue weighted by atomic mass is 10.1. The molecular weight excluding hydrogens is 558 g/mol. The Bertz CT molecular complexity index is 881. The Balaban J connectivity index is 3.67. The molecule has 0 unspecified atom stereocenters. The van der Waals surface area contributed by atoms with E-state index in [1.54, 1.807) is 6.92 Å². The van der Waals surface area contributed by atoms with Crippen LogP contribution in [0.4, 0.5) is 0 Å². The number of hydrogen-bond donors (Lipinski definition) is 7. The average molecular weight is 612 g/mol. The minimum Gasteiger partial charge on any atom is -0.356 e. The summed E-state index contributed by atoms with van der Waals surface area (Å²) in [4.78, 5) is 82.1. The average Bonchev–Trinajstić information content (AvgIpc) is 2.95. The number of unbranched alkanes of at least 4 members (excludes halogenated alkanes) is 2. The molecule has 0 atom stereocenters. The van der Waals surface area contributed by atoms with Crippen molar-refractivity contribution in [2.75, 3.05) is 45.8 Å². The smallest absolute Gasteiger partial charge is 0.221 e. The van der Waals surface area contributed by atoms with Gasteiger partial charge in [-0.05, 0) is 31.6 Å². The lowest BCUT2D eigenvalue weighted by Crippen LogP contribution is -2.36. The third-order valence-electron chi connectivity index (χ3n) is 6.14. The molecule has 0 aromatic carbocycles. The number of amides is 7. The van der Waals surface area contributed by atoms with Crippen LogP contribution in [0.3, 0.4) is 0 Å². The number of hydrogen-bond acceptors (Lipinski definition) is 7. The van der Waals surface area contributed by atoms with Crippen LogP contribution in [-0.2, 0) is 33.6 Å². The zero-order valence-corrected chi connectivity index (χ0v) is 26.2. The maximum absolute atomic E-state index is 11.9. The van der Waals surface area contributed by atoms with Crippen molar-refractivity contribution in [3.63, 3.8) is 0 Å². The molecular formula is C29H53N7O7. The van der Waals surface area contributed by atoms with Gasteiger partial charge < -0.3 is 37.2 Å². The van der Waals surface area contributed by atoms with Gasteiger partial charge in [-0.15, -0.1) is 0 Å². The van der Waals surface area contributed by atoms with Gasteiger partial charge >= 0.3 is 0 Å². The highest BCUT2D eigenvalue weighted by Crippen LogP contribution is 2.02. The normalized spacial score (nSPS) is 10.4. The topological polar surface area (TPSA) is 204 Å². The van der Waals surface area contributed by atoms with Crippen LogP contribution < -0.4 is 37.2 Å². The molecule has 0 spiro atoms. The summed E-state index contributed by atoms with van der Waals surface area (Å²) in [7, 11) is 0. The standard InChI is InChI=1S/C29H53N7O7/c1-4-23(37)30-15-6-5-7-16-31-25(39)10-18-33-27(41)12-20-35-29(43)14-21-36-28(42)13-19-34-26(40)11-17-32-24(38)9-8-22(2)3/h22H,4-21H2,1-3H3,(H,30,37)(H,31,39)(H,32,38)(H,33,41)(H,34,40)(H,35,43)(H,36,42). The molecule has 0 aliphatic carbocycles. The van der Waals surface area contributed by atoms with E-state index in [1.807, 2.05) is 13.8 Å². The molecule has 246 valence electrons. The molecule has 7 N–H and O–H groups in total. The highest BCUT2D eigenvalue weighted by molar-refractivity contribution is 5.82. The molecule has 0 heterocycles. The SMILES string of the molecule is CCC(=O)NCCCCCNC(=O)CCNC(=O)CCNC(=O)CCNC(=O)CCNC(=O)CCNC(=O)CCC(C)C. The molecule has 0 radical (unpaired) electrons. The maximum Gasteiger partial charge on any atom is 0.221 e. The predicted molar refractivity (Wildman–Crippen MR) is 162 cm³/mol. The Morgan fingerprint density at radius 3 is 0.977 bits per heavy atom. The summed E-state index contributed by atoms with van der Waals surface area (Å²) >= 11 is 0. The Morgan fingerprint density at radius 2 is 0.674 bits per heavy atom. The monoisotopic (exact) mass is 611 g/mol. The van der Waals surface area contributed by atoms with E-state index in [4.69, 9.17) is 0 Å². The second-order valence-electron chi connectivity index (χ2n) is 10.5. The van der Waals surface area contributed by atoms with E-state index >= 15 is 0 Å². The van der Waals surface area contributed by atoms with Crippen molar-refractivity contribution in [3.8, 4) is 0 Å². The number of nitrogens with one attached hydrogen (secondary N) is 7. The molecule has 7 amide bonds. The zero-order chi connectivity index (χ0) is 32.3. The fourth-order valence-corrected chi connectivity index (χ4v) is 3.53. The number of carbonyl (C=O) groups is 7. The highest BCUT2D eigenvalue weighted by Gasteiger charge is 2.09. The van der Waals surface area contributed by atoms with Crippen LogP contribution in [0.25, 0.3) is 0 Å². The third-order valence-corrected chi connectivity index (χ3v) is 6.14. The van der Waals surface area contributed by atoms with Crippen LogP contribution in [0.5, 0.6) is 0 Å². The molecule has 0 aliphatic heterocycles. The molecule has 43 heavy (non-hydrogen) atoms. The Labute approximate surface area is 255 Å². The second kappa shape index (κ2) is 26.0. The summed E-state index contributed by atoms with van der Waals surface area (Å²) < 4.78 is 0. The molecule has 0 aromatic rings. The molecule has 14 heteroatoms. The van der Waals surface area contributed by atoms with Crippen molar-refractivity contribution in [2.24, 2.45) is 5.92 Å². The number of carbonyl (C=O) groups excluding carboxylic acids is 7. The molecule has 14 nitrogen and oxygen atoms in total. The number of rotatable bonds is 25. The lowest BCUT2D eigenvalue weighted by molar-refractivity contribution is -0.124. The molecule has 0 saturated heterocycles. The summed E-state index contributed by atoms with van der Waals surface area (Å²) in [5.74, 6) is -0.944. The summed E-state index contributed by atoms with van der Waals surface area (Å²) in [5, 5.41) is 18.7. The van der Waals surface area contributed by atoms with Crippen LogP contribution in [0, 0.1) is 5.92 Å². The van der Waals surface area contributed by atoms with Crippen LogP contribution >= 0.6 is 0 Å². The van der Waals surface area contributed by atoms with Crippen LogP contribution in [0.15, 0.2) is 0 Å². The molecule has 0 bridgehead atoms. The van der Waals surface area contributed by atoms with Gasteiger partial charge in [0.05, 0.1) is 0 Å². The molecule has 0 saturated carbocycles. The van der Waals surface area contributed by atoms with Crippen molar-refractivity contribution in [2.45, 2.75) is 91.4 Å². The summed E-state index contributed by atoms with van der Waals surface area (Å²) in [6.07, 6.45) is 4.71. The maximum atomic E-state index is 11.9.